The normalized spacial score (nSPS) is 37.5. The molecule has 8 atom stereocenters. The van der Waals surface area contributed by atoms with E-state index in [9.17, 15) is 29.4 Å². The van der Waals surface area contributed by atoms with Crippen LogP contribution in [0.4, 0.5) is 11.4 Å². The molecule has 2 aromatic rings. The monoisotopic (exact) mass is 628 g/mol. The van der Waals surface area contributed by atoms with Gasteiger partial charge in [0.1, 0.15) is 50.0 Å². The lowest BCUT2D eigenvalue weighted by Crippen LogP contribution is -2.70. The summed E-state index contributed by atoms with van der Waals surface area (Å²) < 4.78 is 22.4. The summed E-state index contributed by atoms with van der Waals surface area (Å²) in [5, 5.41) is 21.2. The number of carbonyl (C=O) groups excluding carboxylic acids is 4. The van der Waals surface area contributed by atoms with Gasteiger partial charge in [0.2, 0.25) is 11.4 Å². The first kappa shape index (κ1) is 27.8. The van der Waals surface area contributed by atoms with Crippen LogP contribution in [0.5, 0.6) is 0 Å². The number of aliphatic hydroxyl groups is 2. The molecule has 0 unspecified atom stereocenters. The molecule has 8 aliphatic heterocycles. The number of hydrogen-bond donors (Lipinski definition) is 2. The maximum atomic E-state index is 13.0. The van der Waals surface area contributed by atoms with Crippen molar-refractivity contribution >= 4 is 35.0 Å². The number of benzene rings is 2. The zero-order chi connectivity index (χ0) is 31.5. The molecule has 0 aliphatic carbocycles. The molecule has 4 fully saturated rings. The van der Waals surface area contributed by atoms with E-state index in [1.165, 1.54) is 19.6 Å². The summed E-state index contributed by atoms with van der Waals surface area (Å²) in [4.78, 5) is 57.7. The number of aliphatic hydroxyl groups excluding tert-OH is 2. The van der Waals surface area contributed by atoms with E-state index in [1.54, 1.807) is 72.8 Å². The molecule has 4 amide bonds. The van der Waals surface area contributed by atoms with Gasteiger partial charge in [-0.3, -0.25) is 29.0 Å². The average Bonchev–Trinajstić information content (AvgIpc) is 3.88. The van der Waals surface area contributed by atoms with Crippen molar-refractivity contribution in [1.82, 2.24) is 9.80 Å². The van der Waals surface area contributed by atoms with Crippen LogP contribution in [0.25, 0.3) is 0 Å². The maximum Gasteiger partial charge on any atom is 0.283 e. The van der Waals surface area contributed by atoms with Crippen LogP contribution in [-0.2, 0) is 38.1 Å². The quantitative estimate of drug-likeness (QED) is 0.376. The lowest BCUT2D eigenvalue weighted by molar-refractivity contribution is -0.169. The van der Waals surface area contributed by atoms with Gasteiger partial charge in [0.05, 0.1) is 24.6 Å². The predicted octanol–water partition coefficient (Wildman–Crippen LogP) is -0.167. The number of piperazine rings is 2. The molecule has 4 bridgehead atoms. The summed E-state index contributed by atoms with van der Waals surface area (Å²) >= 11 is 0. The summed E-state index contributed by atoms with van der Waals surface area (Å²) in [6.07, 6.45) is 3.25. The second-order valence-electron chi connectivity index (χ2n) is 12.2. The average molecular weight is 629 g/mol. The van der Waals surface area contributed by atoms with Crippen LogP contribution in [0.15, 0.2) is 72.8 Å². The fraction of sp³-hybridized carbons (Fsp3) is 0.375. The highest BCUT2D eigenvalue weighted by molar-refractivity contribution is 6.13. The largest absolute Gasteiger partial charge is 0.385 e. The van der Waals surface area contributed by atoms with Crippen molar-refractivity contribution in [2.45, 2.75) is 47.9 Å². The molecule has 0 aromatic heterocycles. The van der Waals surface area contributed by atoms with Crippen LogP contribution in [0.3, 0.4) is 0 Å². The van der Waals surface area contributed by atoms with E-state index in [4.69, 9.17) is 18.9 Å². The van der Waals surface area contributed by atoms with Crippen LogP contribution < -0.4 is 9.80 Å². The van der Waals surface area contributed by atoms with E-state index >= 15 is 0 Å². The summed E-state index contributed by atoms with van der Waals surface area (Å²) in [6.45, 7) is 0.512. The number of ether oxygens (including phenoxy) is 4. The van der Waals surface area contributed by atoms with Crippen molar-refractivity contribution in [1.29, 1.82) is 0 Å². The van der Waals surface area contributed by atoms with Gasteiger partial charge in [0, 0.05) is 11.1 Å². The topological polar surface area (TPSA) is 159 Å². The maximum absolute atomic E-state index is 13.0. The Morgan fingerprint density at radius 1 is 0.630 bits per heavy atom. The van der Waals surface area contributed by atoms with E-state index in [-0.39, 0.29) is 50.3 Å². The third-order valence-electron chi connectivity index (χ3n) is 9.84. The van der Waals surface area contributed by atoms with Gasteiger partial charge in [-0.2, -0.15) is 0 Å². The minimum atomic E-state index is -1.53. The Kier molecular flexibility index (Phi) is 5.77. The highest BCUT2D eigenvalue weighted by atomic mass is 16.6. The molecule has 14 nitrogen and oxygen atoms in total. The van der Waals surface area contributed by atoms with Crippen molar-refractivity contribution in [3.05, 3.63) is 84.0 Å². The number of anilines is 2. The molecule has 10 rings (SSSR count). The van der Waals surface area contributed by atoms with Crippen molar-refractivity contribution in [3.63, 3.8) is 0 Å². The van der Waals surface area contributed by atoms with Crippen LogP contribution in [0.2, 0.25) is 0 Å². The third-order valence-corrected chi connectivity index (χ3v) is 9.84. The fourth-order valence-corrected chi connectivity index (χ4v) is 7.61. The molecule has 8 heterocycles. The van der Waals surface area contributed by atoms with Crippen LogP contribution in [0, 0.1) is 0 Å². The number of para-hydroxylation sites is 2. The number of carbonyl (C=O) groups is 4. The van der Waals surface area contributed by atoms with Gasteiger partial charge in [-0.15, -0.1) is 0 Å². The van der Waals surface area contributed by atoms with Crippen molar-refractivity contribution in [3.8, 4) is 0 Å². The van der Waals surface area contributed by atoms with Crippen LogP contribution in [-0.4, -0.2) is 106 Å². The van der Waals surface area contributed by atoms with Gasteiger partial charge in [-0.25, -0.2) is 0 Å². The summed E-state index contributed by atoms with van der Waals surface area (Å²) in [6, 6.07) is 12.8. The molecule has 0 saturated carbocycles. The first-order valence-corrected chi connectivity index (χ1v) is 15.0. The number of rotatable bonds is 0. The Morgan fingerprint density at radius 2 is 1.04 bits per heavy atom. The second-order valence-corrected chi connectivity index (χ2v) is 12.2. The molecule has 8 aliphatic rings. The number of amides is 4. The Balaban J connectivity index is 0.000000127. The minimum absolute atomic E-state index is 0.0803. The van der Waals surface area contributed by atoms with Crippen molar-refractivity contribution in [2.24, 2.45) is 0 Å². The summed E-state index contributed by atoms with van der Waals surface area (Å²) in [5.74, 6) is -1.17. The first-order valence-electron chi connectivity index (χ1n) is 15.0. The minimum Gasteiger partial charge on any atom is -0.385 e. The number of nitrogens with zero attached hydrogens (tertiary/aromatic N) is 4. The molecular formula is C32H28N4O10. The van der Waals surface area contributed by atoms with E-state index in [1.807, 2.05) is 0 Å². The van der Waals surface area contributed by atoms with Gasteiger partial charge in [0.25, 0.3) is 23.6 Å². The molecule has 14 heteroatoms. The SMILES string of the molecule is O=C1[C@H]2COCN2C(=O)[C@@]23C=C[C@@H](O2)[C@H](O)c2ccccc2N13.O=C1[C@H]2COCN2C(=O)[C@@]23C=C[C@@H](O2)[C@H](O)c2ccccc2N13. The Bertz CT molecular complexity index is 1650. The van der Waals surface area contributed by atoms with Gasteiger partial charge in [0.15, 0.2) is 0 Å². The smallest absolute Gasteiger partial charge is 0.283 e. The van der Waals surface area contributed by atoms with Gasteiger partial charge < -0.3 is 39.0 Å². The number of hydrogen-bond acceptors (Lipinski definition) is 10. The van der Waals surface area contributed by atoms with Gasteiger partial charge in [-0.05, 0) is 24.3 Å². The third kappa shape index (κ3) is 3.40. The summed E-state index contributed by atoms with van der Waals surface area (Å²) in [5.41, 5.74) is -0.873. The van der Waals surface area contributed by atoms with E-state index < -0.39 is 47.9 Å². The van der Waals surface area contributed by atoms with Crippen molar-refractivity contribution < 1.29 is 48.3 Å². The zero-order valence-electron chi connectivity index (χ0n) is 24.2. The van der Waals surface area contributed by atoms with Crippen LogP contribution in [0.1, 0.15) is 23.3 Å². The van der Waals surface area contributed by atoms with Crippen LogP contribution >= 0.6 is 0 Å². The molecule has 4 saturated heterocycles. The Morgan fingerprint density at radius 3 is 1.48 bits per heavy atom. The lowest BCUT2D eigenvalue weighted by atomic mass is 9.95. The second kappa shape index (κ2) is 9.54. The van der Waals surface area contributed by atoms with E-state index in [0.29, 0.717) is 22.5 Å². The molecule has 2 spiro atoms. The Hall–Kier alpha value is -4.44. The molecule has 2 aromatic carbocycles. The Labute approximate surface area is 261 Å². The van der Waals surface area contributed by atoms with Crippen molar-refractivity contribution in [2.75, 3.05) is 36.5 Å². The van der Waals surface area contributed by atoms with E-state index in [0.717, 1.165) is 0 Å². The lowest BCUT2D eigenvalue weighted by Gasteiger charge is -2.46. The first-order chi connectivity index (χ1) is 22.3. The van der Waals surface area contributed by atoms with Gasteiger partial charge in [-0.1, -0.05) is 48.6 Å². The highest BCUT2D eigenvalue weighted by Gasteiger charge is 2.64. The molecular weight excluding hydrogens is 600 g/mol. The number of fused-ring (bicyclic) bond motifs is 8. The fourth-order valence-electron chi connectivity index (χ4n) is 7.61. The highest BCUT2D eigenvalue weighted by Crippen LogP contribution is 2.49. The standard InChI is InChI=1S/2C16H14N2O5/c2*19-13-9-3-1-2-4-10(9)18-14(20)11-7-22-8-17(11)15(21)16(18)6-5-12(13)23-16/h2*1-6,11-13,19H,7-8H2/t2*11-,12-,13-,16-/m11/s1. The van der Waals surface area contributed by atoms with E-state index in [2.05, 4.69) is 0 Å². The predicted molar refractivity (Wildman–Crippen MR) is 154 cm³/mol. The van der Waals surface area contributed by atoms with Gasteiger partial charge >= 0.3 is 0 Å². The molecule has 46 heavy (non-hydrogen) atoms. The molecule has 2 N–H and O–H groups in total. The summed E-state index contributed by atoms with van der Waals surface area (Å²) in [7, 11) is 0. The zero-order valence-corrected chi connectivity index (χ0v) is 24.2. The molecule has 0 radical (unpaired) electrons. The molecule has 236 valence electrons.